The van der Waals surface area contributed by atoms with E-state index in [1.54, 1.807) is 10.6 Å². The van der Waals surface area contributed by atoms with Crippen LogP contribution in [0, 0.1) is 4.91 Å². The van der Waals surface area contributed by atoms with Crippen LogP contribution in [0.2, 0.25) is 0 Å². The van der Waals surface area contributed by atoms with Gasteiger partial charge in [-0.25, -0.2) is 4.98 Å². The highest BCUT2D eigenvalue weighted by molar-refractivity contribution is 9.10. The third kappa shape index (κ3) is 1.73. The first-order chi connectivity index (χ1) is 8.79. The lowest BCUT2D eigenvalue weighted by Crippen LogP contribution is -1.80. The summed E-state index contributed by atoms with van der Waals surface area (Å²) in [6.07, 6.45) is 1.78. The van der Waals surface area contributed by atoms with Crippen LogP contribution in [0.15, 0.2) is 58.3 Å². The predicted octanol–water partition coefficient (Wildman–Crippen LogP) is 4.16. The number of imidazole rings is 1. The van der Waals surface area contributed by atoms with Crippen LogP contribution in [-0.2, 0) is 0 Å². The molecular weight excluding hydrogens is 294 g/mol. The molecule has 3 rings (SSSR count). The van der Waals surface area contributed by atoms with E-state index >= 15 is 0 Å². The number of fused-ring (bicyclic) bond motifs is 1. The van der Waals surface area contributed by atoms with Gasteiger partial charge >= 0.3 is 0 Å². The number of halogens is 1. The quantitative estimate of drug-likeness (QED) is 0.667. The fourth-order valence-corrected chi connectivity index (χ4v) is 2.14. The number of hydrogen-bond acceptors (Lipinski definition) is 3. The van der Waals surface area contributed by atoms with Gasteiger partial charge in [-0.15, -0.1) is 4.91 Å². The molecule has 2 aromatic heterocycles. The van der Waals surface area contributed by atoms with Gasteiger partial charge in [0.25, 0.3) is 0 Å². The van der Waals surface area contributed by atoms with Crippen LogP contribution in [0.4, 0.5) is 5.82 Å². The van der Waals surface area contributed by atoms with Crippen molar-refractivity contribution in [2.45, 2.75) is 0 Å². The summed E-state index contributed by atoms with van der Waals surface area (Å²) in [6, 6.07) is 13.2. The smallest absolute Gasteiger partial charge is 0.209 e. The predicted molar refractivity (Wildman–Crippen MR) is 73.8 cm³/mol. The van der Waals surface area contributed by atoms with Gasteiger partial charge in [-0.1, -0.05) is 34.1 Å². The van der Waals surface area contributed by atoms with Crippen molar-refractivity contribution in [3.63, 3.8) is 0 Å². The van der Waals surface area contributed by atoms with Crippen molar-refractivity contribution < 1.29 is 0 Å². The third-order valence-electron chi connectivity index (χ3n) is 2.71. The molecule has 0 amide bonds. The molecule has 0 N–H and O–H groups in total. The minimum absolute atomic E-state index is 0.327. The number of nitroso groups, excluding NO2 is 1. The molecular formula is C13H8BrN3O. The molecule has 0 saturated carbocycles. The normalized spacial score (nSPS) is 10.7. The van der Waals surface area contributed by atoms with Crippen molar-refractivity contribution in [3.05, 3.63) is 58.0 Å². The zero-order chi connectivity index (χ0) is 12.5. The summed E-state index contributed by atoms with van der Waals surface area (Å²) in [5.74, 6) is 0.327. The van der Waals surface area contributed by atoms with Crippen molar-refractivity contribution in [1.82, 2.24) is 9.38 Å². The van der Waals surface area contributed by atoms with E-state index in [4.69, 9.17) is 0 Å². The molecule has 0 aliphatic rings. The number of aromatic nitrogens is 2. The van der Waals surface area contributed by atoms with Gasteiger partial charge in [0.1, 0.15) is 11.3 Å². The average molecular weight is 302 g/mol. The Morgan fingerprint density at radius 1 is 1.11 bits per heavy atom. The maximum Gasteiger partial charge on any atom is 0.209 e. The Balaban J connectivity index is 2.28. The largest absolute Gasteiger partial charge is 0.281 e. The van der Waals surface area contributed by atoms with Crippen LogP contribution >= 0.6 is 15.9 Å². The lowest BCUT2D eigenvalue weighted by molar-refractivity contribution is 1.16. The maximum atomic E-state index is 11.0. The van der Waals surface area contributed by atoms with Crippen LogP contribution in [0.5, 0.6) is 0 Å². The van der Waals surface area contributed by atoms with Gasteiger partial charge in [-0.2, -0.15) is 0 Å². The maximum absolute atomic E-state index is 11.0. The first kappa shape index (κ1) is 11.1. The number of nitrogens with zero attached hydrogens (tertiary/aromatic N) is 3. The first-order valence-electron chi connectivity index (χ1n) is 5.36. The van der Waals surface area contributed by atoms with E-state index in [2.05, 4.69) is 26.1 Å². The minimum atomic E-state index is 0.327. The van der Waals surface area contributed by atoms with E-state index < -0.39 is 0 Å². The molecule has 2 heterocycles. The molecule has 0 aliphatic heterocycles. The van der Waals surface area contributed by atoms with Crippen LogP contribution in [0.3, 0.4) is 0 Å². The average Bonchev–Trinajstić information content (AvgIpc) is 2.78. The van der Waals surface area contributed by atoms with Crippen molar-refractivity contribution >= 4 is 27.4 Å². The Bertz CT molecular complexity index is 719. The second-order valence-electron chi connectivity index (χ2n) is 3.81. The minimum Gasteiger partial charge on any atom is -0.281 e. The molecule has 0 aliphatic carbocycles. The van der Waals surface area contributed by atoms with E-state index in [-0.39, 0.29) is 0 Å². The SMILES string of the molecule is O=Nc1c(-c2ccc(Br)cc2)nc2ccccn12. The van der Waals surface area contributed by atoms with Crippen LogP contribution < -0.4 is 0 Å². The van der Waals surface area contributed by atoms with Gasteiger partial charge in [-0.3, -0.25) is 4.40 Å². The van der Waals surface area contributed by atoms with Crippen molar-refractivity contribution in [3.8, 4) is 11.3 Å². The molecule has 0 atom stereocenters. The molecule has 0 spiro atoms. The van der Waals surface area contributed by atoms with Gasteiger partial charge in [0.2, 0.25) is 5.82 Å². The molecule has 0 unspecified atom stereocenters. The highest BCUT2D eigenvalue weighted by Crippen LogP contribution is 2.31. The third-order valence-corrected chi connectivity index (χ3v) is 3.24. The Kier molecular flexibility index (Phi) is 2.68. The molecule has 18 heavy (non-hydrogen) atoms. The van der Waals surface area contributed by atoms with Crippen molar-refractivity contribution in [2.75, 3.05) is 0 Å². The molecule has 0 radical (unpaired) electrons. The highest BCUT2D eigenvalue weighted by atomic mass is 79.9. The van der Waals surface area contributed by atoms with Gasteiger partial charge < -0.3 is 0 Å². The summed E-state index contributed by atoms with van der Waals surface area (Å²) in [7, 11) is 0. The summed E-state index contributed by atoms with van der Waals surface area (Å²) < 4.78 is 2.67. The molecule has 1 aromatic carbocycles. The van der Waals surface area contributed by atoms with E-state index in [1.165, 1.54) is 0 Å². The number of benzene rings is 1. The number of hydrogen-bond donors (Lipinski definition) is 0. The fraction of sp³-hybridized carbons (Fsp3) is 0. The Morgan fingerprint density at radius 2 is 1.89 bits per heavy atom. The molecule has 0 saturated heterocycles. The van der Waals surface area contributed by atoms with E-state index in [0.717, 1.165) is 10.0 Å². The van der Waals surface area contributed by atoms with E-state index in [9.17, 15) is 4.91 Å². The van der Waals surface area contributed by atoms with Gasteiger partial charge in [-0.05, 0) is 29.4 Å². The van der Waals surface area contributed by atoms with Gasteiger partial charge in [0, 0.05) is 16.2 Å². The molecule has 4 nitrogen and oxygen atoms in total. The first-order valence-corrected chi connectivity index (χ1v) is 6.15. The van der Waals surface area contributed by atoms with Crippen molar-refractivity contribution in [2.24, 2.45) is 5.18 Å². The molecule has 88 valence electrons. The zero-order valence-electron chi connectivity index (χ0n) is 9.25. The van der Waals surface area contributed by atoms with Crippen LogP contribution in [0.25, 0.3) is 16.9 Å². The van der Waals surface area contributed by atoms with Gasteiger partial charge in [0.15, 0.2) is 0 Å². The second kappa shape index (κ2) is 4.34. The molecule has 0 fully saturated rings. The Labute approximate surface area is 111 Å². The fourth-order valence-electron chi connectivity index (χ4n) is 1.87. The molecule has 3 aromatic rings. The van der Waals surface area contributed by atoms with Crippen LogP contribution in [0.1, 0.15) is 0 Å². The second-order valence-corrected chi connectivity index (χ2v) is 4.73. The lowest BCUT2D eigenvalue weighted by Gasteiger charge is -1.97. The summed E-state index contributed by atoms with van der Waals surface area (Å²) in [4.78, 5) is 15.5. The van der Waals surface area contributed by atoms with E-state index in [1.807, 2.05) is 42.5 Å². The monoisotopic (exact) mass is 301 g/mol. The molecule has 5 heteroatoms. The summed E-state index contributed by atoms with van der Waals surface area (Å²) in [5.41, 5.74) is 2.19. The lowest BCUT2D eigenvalue weighted by atomic mass is 10.1. The van der Waals surface area contributed by atoms with E-state index in [0.29, 0.717) is 17.2 Å². The highest BCUT2D eigenvalue weighted by Gasteiger charge is 2.13. The number of rotatable bonds is 2. The Morgan fingerprint density at radius 3 is 2.61 bits per heavy atom. The van der Waals surface area contributed by atoms with Gasteiger partial charge in [0.05, 0.1) is 0 Å². The zero-order valence-corrected chi connectivity index (χ0v) is 10.8. The van der Waals surface area contributed by atoms with Crippen LogP contribution in [-0.4, -0.2) is 9.38 Å². The topological polar surface area (TPSA) is 46.7 Å². The molecule has 0 bridgehead atoms. The number of pyridine rings is 1. The Hall–Kier alpha value is -2.01. The van der Waals surface area contributed by atoms with Crippen molar-refractivity contribution in [1.29, 1.82) is 0 Å². The standard InChI is InChI=1S/C13H8BrN3O/c14-10-6-4-9(5-7-10)12-13(16-18)17-8-2-1-3-11(17)15-12/h1-8H. The summed E-state index contributed by atoms with van der Waals surface area (Å²) in [6.45, 7) is 0. The summed E-state index contributed by atoms with van der Waals surface area (Å²) >= 11 is 3.38. The summed E-state index contributed by atoms with van der Waals surface area (Å²) in [5, 5.41) is 3.10.